The maximum atomic E-state index is 13.1. The number of benzene rings is 2. The number of carbonyl (C=O) groups is 1. The molecule has 0 aliphatic rings. The van der Waals surface area contributed by atoms with Crippen LogP contribution >= 0.6 is 23.2 Å². The van der Waals surface area contributed by atoms with E-state index in [4.69, 9.17) is 28.9 Å². The number of rotatable bonds is 9. The highest BCUT2D eigenvalue weighted by atomic mass is 35.5. The summed E-state index contributed by atoms with van der Waals surface area (Å²) in [6.45, 7) is 5.48. The van der Waals surface area contributed by atoms with Gasteiger partial charge in [0.15, 0.2) is 0 Å². The standard InChI is InChI=1S/C24H28Cl2N4O/c1-17(2)23(27)24(31)29(15-19-9-6-10-21(25)22(19)26)12-11-20-13-28-16-30(20)14-18-7-4-3-5-8-18/h3-10,13,16-17,23H,11-12,14-15,27H2,1-2H3/t23-/m0/s1. The van der Waals surface area contributed by atoms with Gasteiger partial charge in [-0.25, -0.2) is 4.98 Å². The maximum Gasteiger partial charge on any atom is 0.240 e. The van der Waals surface area contributed by atoms with E-state index in [9.17, 15) is 4.79 Å². The van der Waals surface area contributed by atoms with Crippen LogP contribution < -0.4 is 5.73 Å². The molecule has 0 unspecified atom stereocenters. The lowest BCUT2D eigenvalue weighted by Crippen LogP contribution is -2.47. The van der Waals surface area contributed by atoms with Crippen molar-refractivity contribution < 1.29 is 4.79 Å². The third-order valence-electron chi connectivity index (χ3n) is 5.34. The van der Waals surface area contributed by atoms with E-state index < -0.39 is 6.04 Å². The van der Waals surface area contributed by atoms with Crippen LogP contribution in [0.2, 0.25) is 10.0 Å². The highest BCUT2D eigenvalue weighted by Crippen LogP contribution is 2.27. The molecule has 0 saturated heterocycles. The predicted octanol–water partition coefficient (Wildman–Crippen LogP) is 4.79. The highest BCUT2D eigenvalue weighted by molar-refractivity contribution is 6.42. The predicted molar refractivity (Wildman–Crippen MR) is 126 cm³/mol. The van der Waals surface area contributed by atoms with Gasteiger partial charge in [-0.15, -0.1) is 0 Å². The minimum Gasteiger partial charge on any atom is -0.337 e. The van der Waals surface area contributed by atoms with E-state index >= 15 is 0 Å². The summed E-state index contributed by atoms with van der Waals surface area (Å²) >= 11 is 12.6. The van der Waals surface area contributed by atoms with Crippen molar-refractivity contribution >= 4 is 29.1 Å². The minimum atomic E-state index is -0.577. The lowest BCUT2D eigenvalue weighted by molar-refractivity contribution is -0.134. The van der Waals surface area contributed by atoms with E-state index in [-0.39, 0.29) is 11.8 Å². The zero-order valence-corrected chi connectivity index (χ0v) is 19.4. The maximum absolute atomic E-state index is 13.1. The number of nitrogens with two attached hydrogens (primary N) is 1. The molecule has 7 heteroatoms. The summed E-state index contributed by atoms with van der Waals surface area (Å²) in [7, 11) is 0. The number of carbonyl (C=O) groups excluding carboxylic acids is 1. The van der Waals surface area contributed by atoms with E-state index in [0.29, 0.717) is 29.6 Å². The molecule has 5 nitrogen and oxygen atoms in total. The molecule has 3 rings (SSSR count). The molecule has 2 N–H and O–H groups in total. The average molecular weight is 459 g/mol. The van der Waals surface area contributed by atoms with Crippen LogP contribution in [-0.4, -0.2) is 32.9 Å². The monoisotopic (exact) mass is 458 g/mol. The van der Waals surface area contributed by atoms with Crippen molar-refractivity contribution in [2.75, 3.05) is 6.54 Å². The van der Waals surface area contributed by atoms with Gasteiger partial charge in [0.2, 0.25) is 5.91 Å². The number of hydrogen-bond acceptors (Lipinski definition) is 3. The van der Waals surface area contributed by atoms with Crippen LogP contribution in [0.3, 0.4) is 0 Å². The van der Waals surface area contributed by atoms with Gasteiger partial charge >= 0.3 is 0 Å². The Hall–Kier alpha value is -2.34. The van der Waals surface area contributed by atoms with Crippen molar-refractivity contribution in [2.45, 2.75) is 39.4 Å². The average Bonchev–Trinajstić information content (AvgIpc) is 3.20. The zero-order valence-electron chi connectivity index (χ0n) is 17.8. The summed E-state index contributed by atoms with van der Waals surface area (Å²) in [5.41, 5.74) is 9.25. The van der Waals surface area contributed by atoms with Crippen molar-refractivity contribution in [3.63, 3.8) is 0 Å². The quantitative estimate of drug-likeness (QED) is 0.500. The first kappa shape index (κ1) is 23.3. The molecule has 1 heterocycles. The van der Waals surface area contributed by atoms with Gasteiger partial charge in [-0.05, 0) is 23.1 Å². The van der Waals surface area contributed by atoms with E-state index in [1.807, 2.05) is 56.7 Å². The summed E-state index contributed by atoms with van der Waals surface area (Å²) in [5, 5.41) is 0.940. The molecule has 1 atom stereocenters. The Kier molecular flexibility index (Phi) is 8.13. The lowest BCUT2D eigenvalue weighted by Gasteiger charge is -2.28. The van der Waals surface area contributed by atoms with Crippen molar-refractivity contribution in [3.05, 3.63) is 87.9 Å². The Bertz CT molecular complexity index is 1000. The van der Waals surface area contributed by atoms with Gasteiger partial charge in [0, 0.05) is 37.9 Å². The molecular weight excluding hydrogens is 431 g/mol. The second kappa shape index (κ2) is 10.8. The van der Waals surface area contributed by atoms with Crippen LogP contribution in [0.5, 0.6) is 0 Å². The molecule has 0 bridgehead atoms. The van der Waals surface area contributed by atoms with Gasteiger partial charge in [0.05, 0.1) is 22.4 Å². The molecule has 0 fully saturated rings. The van der Waals surface area contributed by atoms with Gasteiger partial charge < -0.3 is 15.2 Å². The van der Waals surface area contributed by atoms with E-state index in [0.717, 1.165) is 17.8 Å². The SMILES string of the molecule is CC(C)[C@H](N)C(=O)N(CCc1cncn1Cc1ccccc1)Cc1cccc(Cl)c1Cl. The van der Waals surface area contributed by atoms with Crippen LogP contribution in [0, 0.1) is 5.92 Å². The molecule has 164 valence electrons. The first-order valence-electron chi connectivity index (χ1n) is 10.4. The molecule has 0 spiro atoms. The fraction of sp³-hybridized carbons (Fsp3) is 0.333. The Labute approximate surface area is 193 Å². The Morgan fingerprint density at radius 2 is 1.87 bits per heavy atom. The van der Waals surface area contributed by atoms with Crippen molar-refractivity contribution in [3.8, 4) is 0 Å². The molecule has 2 aromatic carbocycles. The number of hydrogen-bond donors (Lipinski definition) is 1. The molecule has 0 radical (unpaired) electrons. The Morgan fingerprint density at radius 1 is 1.13 bits per heavy atom. The number of imidazole rings is 1. The van der Waals surface area contributed by atoms with Gasteiger partial charge in [-0.3, -0.25) is 4.79 Å². The molecule has 3 aromatic rings. The summed E-state index contributed by atoms with van der Waals surface area (Å²) in [5.74, 6) is -0.0615. The molecule has 1 amide bonds. The Morgan fingerprint density at radius 3 is 2.58 bits per heavy atom. The topological polar surface area (TPSA) is 64.2 Å². The number of amides is 1. The van der Waals surface area contributed by atoms with Crippen molar-refractivity contribution in [1.29, 1.82) is 0 Å². The summed E-state index contributed by atoms with van der Waals surface area (Å²) in [4.78, 5) is 19.2. The van der Waals surface area contributed by atoms with Gasteiger partial charge in [0.25, 0.3) is 0 Å². The zero-order chi connectivity index (χ0) is 22.4. The number of halogens is 2. The smallest absolute Gasteiger partial charge is 0.240 e. The molecule has 0 aliphatic heterocycles. The van der Waals surface area contributed by atoms with Crippen LogP contribution in [0.15, 0.2) is 61.1 Å². The van der Waals surface area contributed by atoms with Crippen molar-refractivity contribution in [2.24, 2.45) is 11.7 Å². The molecule has 1 aromatic heterocycles. The molecule has 31 heavy (non-hydrogen) atoms. The van der Waals surface area contributed by atoms with Crippen molar-refractivity contribution in [1.82, 2.24) is 14.5 Å². The number of nitrogens with zero attached hydrogens (tertiary/aromatic N) is 3. The number of aromatic nitrogens is 2. The van der Waals surface area contributed by atoms with E-state index in [2.05, 4.69) is 21.7 Å². The largest absolute Gasteiger partial charge is 0.337 e. The van der Waals surface area contributed by atoms with Gasteiger partial charge in [0.1, 0.15) is 0 Å². The molecule has 0 saturated carbocycles. The second-order valence-electron chi connectivity index (χ2n) is 7.99. The van der Waals surface area contributed by atoms with Crippen LogP contribution in [-0.2, 0) is 24.3 Å². The summed E-state index contributed by atoms with van der Waals surface area (Å²) < 4.78 is 2.10. The van der Waals surface area contributed by atoms with Gasteiger partial charge in [-0.2, -0.15) is 0 Å². The van der Waals surface area contributed by atoms with Gasteiger partial charge in [-0.1, -0.05) is 79.5 Å². The van der Waals surface area contributed by atoms with Crippen LogP contribution in [0.1, 0.15) is 30.7 Å². The lowest BCUT2D eigenvalue weighted by atomic mass is 10.0. The second-order valence-corrected chi connectivity index (χ2v) is 8.78. The minimum absolute atomic E-state index is 0.0356. The highest BCUT2D eigenvalue weighted by Gasteiger charge is 2.24. The van der Waals surface area contributed by atoms with E-state index in [1.54, 1.807) is 11.0 Å². The first-order chi connectivity index (χ1) is 14.9. The fourth-order valence-electron chi connectivity index (χ4n) is 3.37. The van der Waals surface area contributed by atoms with Crippen LogP contribution in [0.4, 0.5) is 0 Å². The summed E-state index contributed by atoms with van der Waals surface area (Å²) in [6, 6.07) is 15.1. The summed E-state index contributed by atoms with van der Waals surface area (Å²) in [6.07, 6.45) is 4.32. The molecule has 0 aliphatic carbocycles. The normalized spacial score (nSPS) is 12.2. The Balaban J connectivity index is 1.77. The van der Waals surface area contributed by atoms with E-state index in [1.165, 1.54) is 5.56 Å². The molecular formula is C24H28Cl2N4O. The third kappa shape index (κ3) is 6.10. The fourth-order valence-corrected chi connectivity index (χ4v) is 3.75. The van der Waals surface area contributed by atoms with Crippen LogP contribution in [0.25, 0.3) is 0 Å². The first-order valence-corrected chi connectivity index (χ1v) is 11.1. The third-order valence-corrected chi connectivity index (χ3v) is 6.20.